The van der Waals surface area contributed by atoms with Crippen LogP contribution in [0.4, 0.5) is 8.78 Å². The number of benzene rings is 1. The van der Waals surface area contributed by atoms with Crippen molar-refractivity contribution >= 4 is 11.3 Å². The van der Waals surface area contributed by atoms with Crippen LogP contribution in [0.25, 0.3) is 0 Å². The molecule has 0 spiro atoms. The molecule has 0 atom stereocenters. The summed E-state index contributed by atoms with van der Waals surface area (Å²) in [6.07, 6.45) is 1.80. The van der Waals surface area contributed by atoms with Crippen LogP contribution >= 0.6 is 11.3 Å². The first-order valence-corrected chi connectivity index (χ1v) is 7.14. The highest BCUT2D eigenvalue weighted by Crippen LogP contribution is 2.32. The van der Waals surface area contributed by atoms with E-state index < -0.39 is 6.61 Å². The number of aryl methyl sites for hydroxylation is 1. The van der Waals surface area contributed by atoms with E-state index in [-0.39, 0.29) is 5.75 Å². The maximum atomic E-state index is 12.5. The van der Waals surface area contributed by atoms with Crippen LogP contribution in [0.5, 0.6) is 11.5 Å². The third kappa shape index (κ3) is 4.37. The van der Waals surface area contributed by atoms with Crippen molar-refractivity contribution in [3.8, 4) is 11.5 Å². The van der Waals surface area contributed by atoms with Crippen LogP contribution in [0, 0.1) is 6.92 Å². The molecule has 2 aromatic rings. The standard InChI is InChI=1S/C14H16F2N2O2S/c1-9-18-8-11(21-9)7-17-6-10-4-3-5-12(19-2)13(10)20-14(15)16/h3-5,8,14,17H,6-7H2,1-2H3. The van der Waals surface area contributed by atoms with Crippen molar-refractivity contribution in [2.45, 2.75) is 26.6 Å². The predicted molar refractivity (Wildman–Crippen MR) is 77.0 cm³/mol. The normalized spacial score (nSPS) is 10.9. The number of nitrogens with one attached hydrogen (secondary N) is 1. The van der Waals surface area contributed by atoms with Gasteiger partial charge in [0.1, 0.15) is 0 Å². The van der Waals surface area contributed by atoms with E-state index in [1.807, 2.05) is 6.92 Å². The number of aromatic nitrogens is 1. The summed E-state index contributed by atoms with van der Waals surface area (Å²) in [7, 11) is 1.42. The third-order valence-electron chi connectivity index (χ3n) is 2.77. The molecule has 0 unspecified atom stereocenters. The summed E-state index contributed by atoms with van der Waals surface area (Å²) in [5.74, 6) is 0.367. The summed E-state index contributed by atoms with van der Waals surface area (Å²) in [5.41, 5.74) is 0.621. The Morgan fingerprint density at radius 2 is 2.14 bits per heavy atom. The van der Waals surface area contributed by atoms with Gasteiger partial charge in [-0.2, -0.15) is 8.78 Å². The topological polar surface area (TPSA) is 43.4 Å². The number of ether oxygens (including phenoxy) is 2. The number of hydrogen-bond acceptors (Lipinski definition) is 5. The van der Waals surface area contributed by atoms with Crippen LogP contribution in [-0.2, 0) is 13.1 Å². The van der Waals surface area contributed by atoms with Crippen LogP contribution < -0.4 is 14.8 Å². The minimum Gasteiger partial charge on any atom is -0.493 e. The molecule has 0 saturated carbocycles. The van der Waals surface area contributed by atoms with Crippen LogP contribution in [0.1, 0.15) is 15.4 Å². The molecule has 0 radical (unpaired) electrons. The van der Waals surface area contributed by atoms with Crippen molar-refractivity contribution in [2.75, 3.05) is 7.11 Å². The first-order valence-electron chi connectivity index (χ1n) is 6.33. The van der Waals surface area contributed by atoms with Crippen molar-refractivity contribution in [1.82, 2.24) is 10.3 Å². The molecule has 0 aliphatic heterocycles. The number of nitrogens with zero attached hydrogens (tertiary/aromatic N) is 1. The molecule has 0 amide bonds. The van der Waals surface area contributed by atoms with Gasteiger partial charge in [0.2, 0.25) is 0 Å². The Bertz CT molecular complexity index is 590. The first kappa shape index (κ1) is 15.7. The van der Waals surface area contributed by atoms with Gasteiger partial charge in [-0.05, 0) is 13.0 Å². The fourth-order valence-electron chi connectivity index (χ4n) is 1.89. The molecule has 1 aromatic carbocycles. The number of rotatable bonds is 7. The maximum absolute atomic E-state index is 12.5. The Morgan fingerprint density at radius 3 is 2.76 bits per heavy atom. The molecular formula is C14H16F2N2O2S. The quantitative estimate of drug-likeness (QED) is 0.851. The molecule has 2 rings (SSSR count). The summed E-state index contributed by atoms with van der Waals surface area (Å²) < 4.78 is 34.6. The van der Waals surface area contributed by atoms with E-state index in [1.165, 1.54) is 7.11 Å². The summed E-state index contributed by atoms with van der Waals surface area (Å²) >= 11 is 1.60. The zero-order chi connectivity index (χ0) is 15.2. The number of methoxy groups -OCH3 is 1. The molecule has 0 aliphatic carbocycles. The van der Waals surface area contributed by atoms with Gasteiger partial charge >= 0.3 is 6.61 Å². The second kappa shape index (κ2) is 7.33. The summed E-state index contributed by atoms with van der Waals surface area (Å²) in [6, 6.07) is 5.06. The molecule has 1 heterocycles. The first-order chi connectivity index (χ1) is 10.1. The fourth-order valence-corrected chi connectivity index (χ4v) is 2.66. The summed E-state index contributed by atoms with van der Waals surface area (Å²) in [5, 5.41) is 4.18. The van der Waals surface area contributed by atoms with Gasteiger partial charge in [-0.15, -0.1) is 11.3 Å². The van der Waals surface area contributed by atoms with Gasteiger partial charge in [0, 0.05) is 29.7 Å². The molecule has 0 aliphatic rings. The van der Waals surface area contributed by atoms with Crippen molar-refractivity contribution in [3.63, 3.8) is 0 Å². The van der Waals surface area contributed by atoms with Crippen LogP contribution in [0.3, 0.4) is 0 Å². The minimum atomic E-state index is -2.89. The molecule has 0 bridgehead atoms. The lowest BCUT2D eigenvalue weighted by atomic mass is 10.2. The highest BCUT2D eigenvalue weighted by molar-refractivity contribution is 7.11. The van der Waals surface area contributed by atoms with Gasteiger partial charge in [0.25, 0.3) is 0 Å². The minimum absolute atomic E-state index is 0.0722. The molecule has 114 valence electrons. The SMILES string of the molecule is COc1cccc(CNCc2cnc(C)s2)c1OC(F)F. The summed E-state index contributed by atoms with van der Waals surface area (Å²) in [4.78, 5) is 5.25. The number of para-hydroxylation sites is 1. The van der Waals surface area contributed by atoms with E-state index in [2.05, 4.69) is 15.0 Å². The molecule has 7 heteroatoms. The Labute approximate surface area is 125 Å². The van der Waals surface area contributed by atoms with Gasteiger partial charge in [0.05, 0.1) is 12.1 Å². The Balaban J connectivity index is 2.04. The second-order valence-corrected chi connectivity index (χ2v) is 5.60. The monoisotopic (exact) mass is 314 g/mol. The molecule has 1 aromatic heterocycles. The molecule has 21 heavy (non-hydrogen) atoms. The van der Waals surface area contributed by atoms with Crippen molar-refractivity contribution in [1.29, 1.82) is 0 Å². The van der Waals surface area contributed by atoms with Gasteiger partial charge in [0.15, 0.2) is 11.5 Å². The highest BCUT2D eigenvalue weighted by atomic mass is 32.1. The fraction of sp³-hybridized carbons (Fsp3) is 0.357. The van der Waals surface area contributed by atoms with Gasteiger partial charge < -0.3 is 14.8 Å². The van der Waals surface area contributed by atoms with E-state index in [4.69, 9.17) is 4.74 Å². The second-order valence-electron chi connectivity index (χ2n) is 4.28. The number of thiazole rings is 1. The van der Waals surface area contributed by atoms with E-state index in [0.29, 0.717) is 24.4 Å². The van der Waals surface area contributed by atoms with Crippen molar-refractivity contribution in [2.24, 2.45) is 0 Å². The van der Waals surface area contributed by atoms with Gasteiger partial charge in [-0.1, -0.05) is 12.1 Å². The lowest BCUT2D eigenvalue weighted by molar-refractivity contribution is -0.0518. The Morgan fingerprint density at radius 1 is 1.33 bits per heavy atom. The third-order valence-corrected chi connectivity index (χ3v) is 3.68. The lowest BCUT2D eigenvalue weighted by Crippen LogP contribution is -2.14. The van der Waals surface area contributed by atoms with Crippen LogP contribution in [0.2, 0.25) is 0 Å². The van der Waals surface area contributed by atoms with Gasteiger partial charge in [-0.25, -0.2) is 4.98 Å². The molecule has 0 saturated heterocycles. The average molecular weight is 314 g/mol. The van der Waals surface area contributed by atoms with E-state index in [0.717, 1.165) is 9.88 Å². The number of alkyl halides is 2. The largest absolute Gasteiger partial charge is 0.493 e. The summed E-state index contributed by atoms with van der Waals surface area (Å²) in [6.45, 7) is 0.0712. The van der Waals surface area contributed by atoms with Crippen molar-refractivity contribution < 1.29 is 18.3 Å². The molecule has 0 fully saturated rings. The van der Waals surface area contributed by atoms with Crippen LogP contribution in [-0.4, -0.2) is 18.7 Å². The Kier molecular flexibility index (Phi) is 5.46. The van der Waals surface area contributed by atoms with Crippen LogP contribution in [0.15, 0.2) is 24.4 Å². The van der Waals surface area contributed by atoms with E-state index >= 15 is 0 Å². The predicted octanol–water partition coefficient (Wildman–Crippen LogP) is 3.35. The smallest absolute Gasteiger partial charge is 0.387 e. The average Bonchev–Trinajstić information content (AvgIpc) is 2.85. The molecule has 4 nitrogen and oxygen atoms in total. The van der Waals surface area contributed by atoms with E-state index in [1.54, 1.807) is 35.7 Å². The molecule has 1 N–H and O–H groups in total. The number of halogens is 2. The van der Waals surface area contributed by atoms with Crippen molar-refractivity contribution in [3.05, 3.63) is 39.8 Å². The Hall–Kier alpha value is -1.73. The zero-order valence-corrected chi connectivity index (χ0v) is 12.5. The zero-order valence-electron chi connectivity index (χ0n) is 11.7. The lowest BCUT2D eigenvalue weighted by Gasteiger charge is -2.14. The molecular weight excluding hydrogens is 298 g/mol. The van der Waals surface area contributed by atoms with Gasteiger partial charge in [-0.3, -0.25) is 0 Å². The highest BCUT2D eigenvalue weighted by Gasteiger charge is 2.15. The van der Waals surface area contributed by atoms with E-state index in [9.17, 15) is 8.78 Å². The number of hydrogen-bond donors (Lipinski definition) is 1. The maximum Gasteiger partial charge on any atom is 0.387 e.